The maximum absolute atomic E-state index is 11.9. The minimum absolute atomic E-state index is 0.0390. The minimum atomic E-state index is -0.120. The molecule has 116 valence electrons. The molecule has 1 aliphatic rings. The average molecular weight is 316 g/mol. The number of rotatable bonds is 5. The molecule has 0 radical (unpaired) electrons. The number of amides is 2. The van der Waals surface area contributed by atoms with Crippen LogP contribution in [0.4, 0.5) is 4.79 Å². The smallest absolute Gasteiger partial charge is 0.315 e. The highest BCUT2D eigenvalue weighted by atomic mass is 32.1. The molecule has 2 N–H and O–H groups in total. The lowest BCUT2D eigenvalue weighted by molar-refractivity contribution is 0.238. The van der Waals surface area contributed by atoms with E-state index in [1.165, 1.54) is 11.1 Å². The second-order valence-electron chi connectivity index (χ2n) is 5.43. The molecular formula is C17H20N2O2S. The minimum Gasteiger partial charge on any atom is -0.493 e. The fourth-order valence-electron chi connectivity index (χ4n) is 2.57. The molecule has 5 heteroatoms. The number of nitrogens with one attached hydrogen (secondary N) is 2. The zero-order valence-corrected chi connectivity index (χ0v) is 13.4. The molecule has 1 atom stereocenters. The molecule has 4 nitrogen and oxygen atoms in total. The van der Waals surface area contributed by atoms with Crippen LogP contribution in [0, 0.1) is 0 Å². The molecule has 2 heterocycles. The lowest BCUT2D eigenvalue weighted by Crippen LogP contribution is -2.37. The highest BCUT2D eigenvalue weighted by Crippen LogP contribution is 2.25. The first kappa shape index (κ1) is 14.9. The molecule has 2 aromatic rings. The Morgan fingerprint density at radius 1 is 1.41 bits per heavy atom. The number of thiophene rings is 1. The van der Waals surface area contributed by atoms with Crippen molar-refractivity contribution < 1.29 is 9.53 Å². The molecule has 1 aromatic carbocycles. The Morgan fingerprint density at radius 3 is 3.14 bits per heavy atom. The van der Waals surface area contributed by atoms with Crippen molar-refractivity contribution in [2.75, 3.05) is 13.2 Å². The first-order valence-corrected chi connectivity index (χ1v) is 8.43. The molecule has 3 rings (SSSR count). The van der Waals surface area contributed by atoms with Crippen LogP contribution >= 0.6 is 11.3 Å². The van der Waals surface area contributed by atoms with Gasteiger partial charge in [-0.15, -0.1) is 11.3 Å². The largest absolute Gasteiger partial charge is 0.493 e. The SMILES string of the molecule is C[C@H](NC(=O)NCCc1ccc2c(c1)CCO2)c1cccs1. The average Bonchev–Trinajstić information content (AvgIpc) is 3.18. The number of fused-ring (bicyclic) bond motifs is 1. The van der Waals surface area contributed by atoms with E-state index in [1.54, 1.807) is 11.3 Å². The van der Waals surface area contributed by atoms with E-state index in [0.29, 0.717) is 6.54 Å². The normalized spacial score (nSPS) is 14.0. The van der Waals surface area contributed by atoms with Gasteiger partial charge in [-0.05, 0) is 42.0 Å². The van der Waals surface area contributed by atoms with E-state index in [-0.39, 0.29) is 12.1 Å². The number of ether oxygens (including phenoxy) is 1. The number of urea groups is 1. The third-order valence-corrected chi connectivity index (χ3v) is 4.83. The molecule has 0 fully saturated rings. The first-order chi connectivity index (χ1) is 10.7. The number of carbonyl (C=O) groups excluding carboxylic acids is 1. The lowest BCUT2D eigenvalue weighted by Gasteiger charge is -2.13. The number of hydrogen-bond donors (Lipinski definition) is 2. The van der Waals surface area contributed by atoms with Crippen LogP contribution in [0.3, 0.4) is 0 Å². The second-order valence-corrected chi connectivity index (χ2v) is 6.41. The number of carbonyl (C=O) groups is 1. The Kier molecular flexibility index (Phi) is 4.63. The zero-order valence-electron chi connectivity index (χ0n) is 12.6. The number of hydrogen-bond acceptors (Lipinski definition) is 3. The van der Waals surface area contributed by atoms with Crippen LogP contribution in [-0.4, -0.2) is 19.2 Å². The quantitative estimate of drug-likeness (QED) is 0.889. The summed E-state index contributed by atoms with van der Waals surface area (Å²) in [5.41, 5.74) is 2.50. The topological polar surface area (TPSA) is 50.4 Å². The molecular weight excluding hydrogens is 296 g/mol. The fraction of sp³-hybridized carbons (Fsp3) is 0.353. The second kappa shape index (κ2) is 6.83. The Labute approximate surface area is 134 Å². The van der Waals surface area contributed by atoms with Crippen molar-refractivity contribution in [3.63, 3.8) is 0 Å². The van der Waals surface area contributed by atoms with E-state index in [2.05, 4.69) is 22.8 Å². The van der Waals surface area contributed by atoms with Gasteiger partial charge in [0.05, 0.1) is 12.6 Å². The van der Waals surface area contributed by atoms with E-state index in [0.717, 1.165) is 30.1 Å². The van der Waals surface area contributed by atoms with Crippen LogP contribution in [0.15, 0.2) is 35.7 Å². The summed E-state index contributed by atoms with van der Waals surface area (Å²) in [6, 6.07) is 10.2. The van der Waals surface area contributed by atoms with Crippen molar-refractivity contribution in [2.24, 2.45) is 0 Å². The van der Waals surface area contributed by atoms with Gasteiger partial charge >= 0.3 is 6.03 Å². The Hall–Kier alpha value is -2.01. The molecule has 1 aromatic heterocycles. The third-order valence-electron chi connectivity index (χ3n) is 3.77. The lowest BCUT2D eigenvalue weighted by atomic mass is 10.1. The van der Waals surface area contributed by atoms with E-state index in [9.17, 15) is 4.79 Å². The number of benzene rings is 1. The predicted octanol–water partition coefficient (Wildman–Crippen LogP) is 3.29. The van der Waals surface area contributed by atoms with Gasteiger partial charge in [-0.2, -0.15) is 0 Å². The van der Waals surface area contributed by atoms with E-state index in [4.69, 9.17) is 4.74 Å². The molecule has 0 bridgehead atoms. The van der Waals surface area contributed by atoms with Crippen LogP contribution < -0.4 is 15.4 Å². The van der Waals surface area contributed by atoms with Crippen molar-refractivity contribution in [2.45, 2.75) is 25.8 Å². The molecule has 0 unspecified atom stereocenters. The van der Waals surface area contributed by atoms with Gasteiger partial charge in [0.1, 0.15) is 5.75 Å². The Bertz CT molecular complexity index is 640. The summed E-state index contributed by atoms with van der Waals surface area (Å²) in [5, 5.41) is 7.88. The molecule has 0 aliphatic carbocycles. The summed E-state index contributed by atoms with van der Waals surface area (Å²) in [6.07, 6.45) is 1.81. The van der Waals surface area contributed by atoms with Crippen LogP contribution in [0.1, 0.15) is 29.0 Å². The van der Waals surface area contributed by atoms with Gasteiger partial charge in [-0.25, -0.2) is 4.79 Å². The summed E-state index contributed by atoms with van der Waals surface area (Å²) in [6.45, 7) is 3.40. The summed E-state index contributed by atoms with van der Waals surface area (Å²) in [5.74, 6) is 0.999. The van der Waals surface area contributed by atoms with E-state index >= 15 is 0 Å². The van der Waals surface area contributed by atoms with E-state index < -0.39 is 0 Å². The molecule has 0 saturated heterocycles. The van der Waals surface area contributed by atoms with Crippen LogP contribution in [0.2, 0.25) is 0 Å². The van der Waals surface area contributed by atoms with Gasteiger partial charge in [-0.1, -0.05) is 18.2 Å². The highest BCUT2D eigenvalue weighted by Gasteiger charge is 2.12. The van der Waals surface area contributed by atoms with Crippen molar-refractivity contribution in [1.29, 1.82) is 0 Å². The van der Waals surface area contributed by atoms with E-state index in [1.807, 2.05) is 30.5 Å². The Morgan fingerprint density at radius 2 is 2.32 bits per heavy atom. The standard InChI is InChI=1S/C17H20N2O2S/c1-12(16-3-2-10-22-16)19-17(20)18-8-6-13-4-5-15-14(11-13)7-9-21-15/h2-5,10-12H,6-9H2,1H3,(H2,18,19,20)/t12-/m0/s1. The van der Waals surface area contributed by atoms with Crippen molar-refractivity contribution in [3.8, 4) is 5.75 Å². The van der Waals surface area contributed by atoms with Gasteiger partial charge in [0.25, 0.3) is 0 Å². The summed E-state index contributed by atoms with van der Waals surface area (Å²) < 4.78 is 5.50. The zero-order chi connectivity index (χ0) is 15.4. The molecule has 0 saturated carbocycles. The maximum Gasteiger partial charge on any atom is 0.315 e. The summed E-state index contributed by atoms with van der Waals surface area (Å²) >= 11 is 1.65. The predicted molar refractivity (Wildman–Crippen MR) is 88.6 cm³/mol. The summed E-state index contributed by atoms with van der Waals surface area (Å²) in [4.78, 5) is 13.0. The maximum atomic E-state index is 11.9. The van der Waals surface area contributed by atoms with Crippen molar-refractivity contribution in [1.82, 2.24) is 10.6 Å². The molecule has 22 heavy (non-hydrogen) atoms. The van der Waals surface area contributed by atoms with Crippen molar-refractivity contribution in [3.05, 3.63) is 51.7 Å². The van der Waals surface area contributed by atoms with Crippen LogP contribution in [0.5, 0.6) is 5.75 Å². The molecule has 1 aliphatic heterocycles. The van der Waals surface area contributed by atoms with Crippen molar-refractivity contribution >= 4 is 17.4 Å². The van der Waals surface area contributed by atoms with Crippen LogP contribution in [0.25, 0.3) is 0 Å². The summed E-state index contributed by atoms with van der Waals surface area (Å²) in [7, 11) is 0. The molecule has 2 amide bonds. The monoisotopic (exact) mass is 316 g/mol. The fourth-order valence-corrected chi connectivity index (χ4v) is 3.31. The molecule has 0 spiro atoms. The van der Waals surface area contributed by atoms with Gasteiger partial charge in [0.15, 0.2) is 0 Å². The third kappa shape index (κ3) is 3.60. The van der Waals surface area contributed by atoms with Gasteiger partial charge < -0.3 is 15.4 Å². The van der Waals surface area contributed by atoms with Crippen LogP contribution in [-0.2, 0) is 12.8 Å². The van der Waals surface area contributed by atoms with Gasteiger partial charge in [0, 0.05) is 17.8 Å². The Balaban J connectivity index is 1.44. The van der Waals surface area contributed by atoms with Gasteiger partial charge in [0.2, 0.25) is 0 Å². The first-order valence-electron chi connectivity index (χ1n) is 7.55. The highest BCUT2D eigenvalue weighted by molar-refractivity contribution is 7.10. The van der Waals surface area contributed by atoms with Gasteiger partial charge in [-0.3, -0.25) is 0 Å².